The van der Waals surface area contributed by atoms with E-state index in [4.69, 9.17) is 14.0 Å². The zero-order chi connectivity index (χ0) is 19.6. The van der Waals surface area contributed by atoms with Crippen molar-refractivity contribution in [3.63, 3.8) is 0 Å². The molecule has 0 amide bonds. The lowest BCUT2D eigenvalue weighted by Crippen LogP contribution is -2.36. The molecular weight excluding hydrogens is 344 g/mol. The third kappa shape index (κ3) is 5.39. The third-order valence-electron chi connectivity index (χ3n) is 4.25. The summed E-state index contributed by atoms with van der Waals surface area (Å²) in [6.07, 6.45) is 1.67. The lowest BCUT2D eigenvalue weighted by atomic mass is 10.1. The van der Waals surface area contributed by atoms with E-state index in [1.807, 2.05) is 25.1 Å². The summed E-state index contributed by atoms with van der Waals surface area (Å²) in [7, 11) is 3.40. The van der Waals surface area contributed by atoms with Crippen LogP contribution in [0.3, 0.4) is 0 Å². The Morgan fingerprint density at radius 2 is 1.89 bits per heavy atom. The van der Waals surface area contributed by atoms with Crippen LogP contribution in [0.1, 0.15) is 43.4 Å². The second-order valence-electron chi connectivity index (χ2n) is 5.94. The van der Waals surface area contributed by atoms with Crippen molar-refractivity contribution >= 4 is 5.96 Å². The van der Waals surface area contributed by atoms with Crippen molar-refractivity contribution in [3.8, 4) is 11.5 Å². The summed E-state index contributed by atoms with van der Waals surface area (Å²) in [6.45, 7) is 7.94. The van der Waals surface area contributed by atoms with Gasteiger partial charge in [0, 0.05) is 32.1 Å². The Labute approximate surface area is 161 Å². The van der Waals surface area contributed by atoms with Crippen LogP contribution in [0.2, 0.25) is 0 Å². The number of benzene rings is 1. The van der Waals surface area contributed by atoms with E-state index in [-0.39, 0.29) is 0 Å². The molecule has 0 unspecified atom stereocenters. The molecule has 27 heavy (non-hydrogen) atoms. The first-order chi connectivity index (χ1) is 13.2. The van der Waals surface area contributed by atoms with Crippen LogP contribution in [0.25, 0.3) is 0 Å². The van der Waals surface area contributed by atoms with E-state index in [0.29, 0.717) is 25.7 Å². The van der Waals surface area contributed by atoms with Gasteiger partial charge < -0.3 is 24.6 Å². The minimum absolute atomic E-state index is 0.604. The molecular formula is C20H30N4O3. The number of hydrogen-bond donors (Lipinski definition) is 2. The molecule has 0 saturated carbocycles. The van der Waals surface area contributed by atoms with Crippen LogP contribution < -0.4 is 20.1 Å². The molecule has 0 aliphatic rings. The van der Waals surface area contributed by atoms with Gasteiger partial charge in [-0.3, -0.25) is 4.99 Å². The molecule has 2 rings (SSSR count). The summed E-state index contributed by atoms with van der Waals surface area (Å²) < 4.78 is 16.4. The summed E-state index contributed by atoms with van der Waals surface area (Å²) in [5, 5.41) is 10.8. The van der Waals surface area contributed by atoms with E-state index < -0.39 is 0 Å². The Kier molecular flexibility index (Phi) is 7.98. The number of hydrogen-bond acceptors (Lipinski definition) is 5. The molecule has 1 aromatic heterocycles. The van der Waals surface area contributed by atoms with Gasteiger partial charge in [0.25, 0.3) is 0 Å². The van der Waals surface area contributed by atoms with Crippen LogP contribution in [-0.2, 0) is 25.9 Å². The summed E-state index contributed by atoms with van der Waals surface area (Å²) in [5.74, 6) is 3.11. The molecule has 1 heterocycles. The van der Waals surface area contributed by atoms with Crippen LogP contribution in [0.4, 0.5) is 0 Å². The van der Waals surface area contributed by atoms with Crippen molar-refractivity contribution in [2.24, 2.45) is 4.99 Å². The summed E-state index contributed by atoms with van der Waals surface area (Å²) >= 11 is 0. The molecule has 2 N–H and O–H groups in total. The van der Waals surface area contributed by atoms with Crippen molar-refractivity contribution in [1.82, 2.24) is 15.8 Å². The van der Waals surface area contributed by atoms with Gasteiger partial charge in [-0.15, -0.1) is 0 Å². The Balaban J connectivity index is 1.97. The van der Waals surface area contributed by atoms with Gasteiger partial charge in [-0.1, -0.05) is 25.1 Å². The third-order valence-corrected chi connectivity index (χ3v) is 4.25. The van der Waals surface area contributed by atoms with Gasteiger partial charge >= 0.3 is 0 Å². The van der Waals surface area contributed by atoms with E-state index in [0.717, 1.165) is 46.9 Å². The van der Waals surface area contributed by atoms with Crippen LogP contribution in [-0.4, -0.2) is 31.9 Å². The van der Waals surface area contributed by atoms with Crippen LogP contribution in [0, 0.1) is 0 Å². The molecule has 0 bridgehead atoms. The van der Waals surface area contributed by atoms with Gasteiger partial charge in [-0.25, -0.2) is 0 Å². The van der Waals surface area contributed by atoms with E-state index in [1.165, 1.54) is 0 Å². The number of nitrogens with one attached hydrogen (secondary N) is 2. The number of nitrogens with zero attached hydrogens (tertiary/aromatic N) is 2. The first kappa shape index (κ1) is 20.6. The number of aliphatic imine (C=N–C) groups is 1. The smallest absolute Gasteiger partial charge is 0.191 e. The zero-order valence-corrected chi connectivity index (χ0v) is 16.9. The Morgan fingerprint density at radius 1 is 1.11 bits per heavy atom. The maximum atomic E-state index is 5.56. The monoisotopic (exact) mass is 374 g/mol. The van der Waals surface area contributed by atoms with Crippen LogP contribution in [0.5, 0.6) is 11.5 Å². The molecule has 2 aromatic rings. The quantitative estimate of drug-likeness (QED) is 0.519. The minimum Gasteiger partial charge on any atom is -0.493 e. The van der Waals surface area contributed by atoms with Crippen molar-refractivity contribution < 1.29 is 14.0 Å². The standard InChI is InChI=1S/C20H30N4O3/c1-6-16-15(17(7-2)27-24-16)13-23-20(21-4)22-12-14-9-10-18(26-8-3)19(11-14)25-5/h9-11H,6-8,12-13H2,1-5H3,(H2,21,22,23). The molecule has 7 nitrogen and oxygen atoms in total. The van der Waals surface area contributed by atoms with Gasteiger partial charge in [0.1, 0.15) is 5.76 Å². The fourth-order valence-electron chi connectivity index (χ4n) is 2.81. The van der Waals surface area contributed by atoms with E-state index in [1.54, 1.807) is 14.2 Å². The largest absolute Gasteiger partial charge is 0.493 e. The maximum Gasteiger partial charge on any atom is 0.191 e. The minimum atomic E-state index is 0.604. The van der Waals surface area contributed by atoms with Crippen LogP contribution in [0.15, 0.2) is 27.7 Å². The number of aryl methyl sites for hydroxylation is 2. The summed E-state index contributed by atoms with van der Waals surface area (Å²) in [4.78, 5) is 4.29. The molecule has 0 radical (unpaired) electrons. The fraction of sp³-hybridized carbons (Fsp3) is 0.500. The average molecular weight is 374 g/mol. The molecule has 0 spiro atoms. The number of methoxy groups -OCH3 is 1. The molecule has 0 aliphatic heterocycles. The SMILES string of the molecule is CCOc1ccc(CNC(=NC)NCc2c(CC)noc2CC)cc1OC. The number of aromatic nitrogens is 1. The summed E-state index contributed by atoms with van der Waals surface area (Å²) in [5.41, 5.74) is 3.18. The lowest BCUT2D eigenvalue weighted by molar-refractivity contribution is 0.310. The maximum absolute atomic E-state index is 5.56. The Bertz CT molecular complexity index is 734. The predicted molar refractivity (Wildman–Crippen MR) is 106 cm³/mol. The Hall–Kier alpha value is -2.70. The average Bonchev–Trinajstić information content (AvgIpc) is 3.11. The second-order valence-corrected chi connectivity index (χ2v) is 5.94. The molecule has 0 saturated heterocycles. The van der Waals surface area contributed by atoms with Gasteiger partial charge in [0.15, 0.2) is 17.5 Å². The predicted octanol–water partition coefficient (Wildman–Crippen LogP) is 3.07. The van der Waals surface area contributed by atoms with Crippen molar-refractivity contribution in [2.45, 2.75) is 46.7 Å². The van der Waals surface area contributed by atoms with Gasteiger partial charge in [0.2, 0.25) is 0 Å². The van der Waals surface area contributed by atoms with E-state index >= 15 is 0 Å². The van der Waals surface area contributed by atoms with Crippen molar-refractivity contribution in [2.75, 3.05) is 20.8 Å². The highest BCUT2D eigenvalue weighted by Crippen LogP contribution is 2.27. The van der Waals surface area contributed by atoms with Crippen LogP contribution >= 0.6 is 0 Å². The van der Waals surface area contributed by atoms with E-state index in [2.05, 4.69) is 34.6 Å². The van der Waals surface area contributed by atoms with E-state index in [9.17, 15) is 0 Å². The van der Waals surface area contributed by atoms with Crippen molar-refractivity contribution in [1.29, 1.82) is 0 Å². The zero-order valence-electron chi connectivity index (χ0n) is 16.9. The highest BCUT2D eigenvalue weighted by Gasteiger charge is 2.13. The lowest BCUT2D eigenvalue weighted by Gasteiger charge is -2.14. The van der Waals surface area contributed by atoms with Crippen molar-refractivity contribution in [3.05, 3.63) is 40.8 Å². The summed E-state index contributed by atoms with van der Waals surface area (Å²) in [6, 6.07) is 5.90. The fourth-order valence-corrected chi connectivity index (χ4v) is 2.81. The number of ether oxygens (including phenoxy) is 2. The first-order valence-electron chi connectivity index (χ1n) is 9.37. The molecule has 0 fully saturated rings. The topological polar surface area (TPSA) is 80.9 Å². The number of guanidine groups is 1. The molecule has 1 aromatic carbocycles. The normalized spacial score (nSPS) is 11.4. The molecule has 0 atom stereocenters. The highest BCUT2D eigenvalue weighted by atomic mass is 16.5. The highest BCUT2D eigenvalue weighted by molar-refractivity contribution is 5.79. The van der Waals surface area contributed by atoms with Gasteiger partial charge in [0.05, 0.1) is 19.4 Å². The van der Waals surface area contributed by atoms with Gasteiger partial charge in [-0.2, -0.15) is 0 Å². The first-order valence-corrected chi connectivity index (χ1v) is 9.37. The molecule has 148 valence electrons. The van der Waals surface area contributed by atoms with Gasteiger partial charge in [-0.05, 0) is 31.0 Å². The second kappa shape index (κ2) is 10.4. The molecule has 7 heteroatoms. The molecule has 0 aliphatic carbocycles. The Morgan fingerprint density at radius 3 is 2.52 bits per heavy atom. The number of rotatable bonds is 9.